The average Bonchev–Trinajstić information content (AvgIpc) is 3.30. The summed E-state index contributed by atoms with van der Waals surface area (Å²) < 4.78 is 13.3. The Labute approximate surface area is 154 Å². The molecule has 2 aliphatic rings. The molecule has 1 unspecified atom stereocenters. The van der Waals surface area contributed by atoms with Crippen molar-refractivity contribution in [1.82, 2.24) is 25.3 Å². The van der Waals surface area contributed by atoms with Crippen molar-refractivity contribution in [3.05, 3.63) is 29.2 Å². The highest BCUT2D eigenvalue weighted by Crippen LogP contribution is 2.33. The van der Waals surface area contributed by atoms with E-state index < -0.39 is 0 Å². The van der Waals surface area contributed by atoms with Crippen LogP contribution in [-0.2, 0) is 24.9 Å². The predicted molar refractivity (Wildman–Crippen MR) is 96.7 cm³/mol. The molecule has 2 fully saturated rings. The van der Waals surface area contributed by atoms with E-state index in [1.54, 1.807) is 0 Å². The summed E-state index contributed by atoms with van der Waals surface area (Å²) in [5, 5.41) is 16.6. The predicted octanol–water partition coefficient (Wildman–Crippen LogP) is 3.03. The summed E-state index contributed by atoms with van der Waals surface area (Å²) in [5.74, 6) is 2.23. The van der Waals surface area contributed by atoms with E-state index in [4.69, 9.17) is 14.3 Å². The Morgan fingerprint density at radius 3 is 2.73 bits per heavy atom. The summed E-state index contributed by atoms with van der Waals surface area (Å²) in [6, 6.07) is 0. The maximum atomic E-state index is 5.83. The molecule has 1 saturated heterocycles. The van der Waals surface area contributed by atoms with Crippen LogP contribution in [0.15, 0.2) is 10.6 Å². The molecule has 1 aliphatic carbocycles. The average molecular weight is 359 g/mol. The third kappa shape index (κ3) is 4.15. The van der Waals surface area contributed by atoms with Crippen LogP contribution < -0.4 is 5.32 Å². The van der Waals surface area contributed by atoms with Crippen molar-refractivity contribution in [2.75, 3.05) is 13.2 Å². The molecule has 4 rings (SSSR count). The van der Waals surface area contributed by atoms with Crippen LogP contribution in [0.1, 0.15) is 79.8 Å². The molecule has 26 heavy (non-hydrogen) atoms. The highest BCUT2D eigenvalue weighted by atomic mass is 16.5. The van der Waals surface area contributed by atoms with E-state index >= 15 is 0 Å². The van der Waals surface area contributed by atoms with Gasteiger partial charge in [0.05, 0.1) is 24.8 Å². The zero-order valence-electron chi connectivity index (χ0n) is 15.6. The minimum Gasteiger partial charge on any atom is -0.423 e. The van der Waals surface area contributed by atoms with Crippen LogP contribution in [-0.4, -0.2) is 33.2 Å². The summed E-state index contributed by atoms with van der Waals surface area (Å²) in [6.45, 7) is 2.90. The van der Waals surface area contributed by atoms with Gasteiger partial charge in [-0.05, 0) is 25.7 Å². The van der Waals surface area contributed by atoms with Gasteiger partial charge in [0.25, 0.3) is 0 Å². The van der Waals surface area contributed by atoms with E-state index in [2.05, 4.69) is 21.7 Å². The van der Waals surface area contributed by atoms with Gasteiger partial charge in [-0.3, -0.25) is 4.68 Å². The summed E-state index contributed by atoms with van der Waals surface area (Å²) in [7, 11) is 2.01. The largest absolute Gasteiger partial charge is 0.423 e. The molecule has 1 atom stereocenters. The zero-order valence-corrected chi connectivity index (χ0v) is 15.6. The Kier molecular flexibility index (Phi) is 5.65. The lowest BCUT2D eigenvalue weighted by Gasteiger charge is -2.21. The molecule has 2 aromatic heterocycles. The molecule has 0 amide bonds. The number of nitrogens with one attached hydrogen (secondary N) is 1. The maximum absolute atomic E-state index is 5.83. The number of rotatable bonds is 6. The molecule has 1 N–H and O–H groups in total. The SMILES string of the molecule is Cn1cc(CNCc2nnc(C3CCCOC3)o2)c(C2CCCCC2)n1. The van der Waals surface area contributed by atoms with Crippen LogP contribution in [0.2, 0.25) is 0 Å². The molecular weight excluding hydrogens is 330 g/mol. The first-order chi connectivity index (χ1) is 12.8. The molecule has 2 aromatic rings. The number of aryl methyl sites for hydroxylation is 1. The van der Waals surface area contributed by atoms with Gasteiger partial charge in [0.15, 0.2) is 0 Å². The summed E-state index contributed by atoms with van der Waals surface area (Å²) in [5.41, 5.74) is 2.56. The zero-order chi connectivity index (χ0) is 17.8. The van der Waals surface area contributed by atoms with Crippen molar-refractivity contribution in [1.29, 1.82) is 0 Å². The van der Waals surface area contributed by atoms with E-state index in [0.29, 0.717) is 30.9 Å². The first kappa shape index (κ1) is 17.7. The van der Waals surface area contributed by atoms with Crippen LogP contribution in [0, 0.1) is 0 Å². The number of hydrogen-bond donors (Lipinski definition) is 1. The van der Waals surface area contributed by atoms with Crippen LogP contribution in [0.5, 0.6) is 0 Å². The number of nitrogens with zero attached hydrogens (tertiary/aromatic N) is 4. The van der Waals surface area contributed by atoms with Crippen molar-refractivity contribution in [2.45, 2.75) is 69.9 Å². The minimum atomic E-state index is 0.251. The van der Waals surface area contributed by atoms with Crippen molar-refractivity contribution >= 4 is 0 Å². The number of ether oxygens (including phenoxy) is 1. The van der Waals surface area contributed by atoms with Crippen molar-refractivity contribution in [3.63, 3.8) is 0 Å². The minimum absolute atomic E-state index is 0.251. The van der Waals surface area contributed by atoms with E-state index in [9.17, 15) is 0 Å². The second-order valence-electron chi connectivity index (χ2n) is 7.60. The second kappa shape index (κ2) is 8.31. The van der Waals surface area contributed by atoms with Gasteiger partial charge in [0.1, 0.15) is 0 Å². The number of hydrogen-bond acceptors (Lipinski definition) is 6. The maximum Gasteiger partial charge on any atom is 0.230 e. The summed E-state index contributed by atoms with van der Waals surface area (Å²) in [4.78, 5) is 0. The Morgan fingerprint density at radius 2 is 1.92 bits per heavy atom. The molecule has 1 saturated carbocycles. The molecule has 0 aromatic carbocycles. The highest BCUT2D eigenvalue weighted by molar-refractivity contribution is 5.21. The van der Waals surface area contributed by atoms with Crippen LogP contribution in [0.3, 0.4) is 0 Å². The van der Waals surface area contributed by atoms with E-state index in [-0.39, 0.29) is 5.92 Å². The fourth-order valence-corrected chi connectivity index (χ4v) is 4.15. The summed E-state index contributed by atoms with van der Waals surface area (Å²) >= 11 is 0. The van der Waals surface area contributed by atoms with Crippen molar-refractivity contribution in [2.24, 2.45) is 7.05 Å². The smallest absolute Gasteiger partial charge is 0.230 e. The van der Waals surface area contributed by atoms with Crippen LogP contribution in [0.25, 0.3) is 0 Å². The first-order valence-electron chi connectivity index (χ1n) is 9.93. The van der Waals surface area contributed by atoms with E-state index in [1.807, 2.05) is 11.7 Å². The third-order valence-electron chi connectivity index (χ3n) is 5.51. The van der Waals surface area contributed by atoms with Gasteiger partial charge in [-0.15, -0.1) is 10.2 Å². The monoisotopic (exact) mass is 359 g/mol. The fourth-order valence-electron chi connectivity index (χ4n) is 4.15. The molecule has 0 spiro atoms. The van der Waals surface area contributed by atoms with E-state index in [1.165, 1.54) is 43.4 Å². The Morgan fingerprint density at radius 1 is 1.08 bits per heavy atom. The van der Waals surface area contributed by atoms with Gasteiger partial charge in [0.2, 0.25) is 11.8 Å². The van der Waals surface area contributed by atoms with Crippen molar-refractivity contribution in [3.8, 4) is 0 Å². The lowest BCUT2D eigenvalue weighted by Crippen LogP contribution is -2.16. The lowest BCUT2D eigenvalue weighted by atomic mass is 9.85. The molecule has 7 heteroatoms. The second-order valence-corrected chi connectivity index (χ2v) is 7.60. The van der Waals surface area contributed by atoms with Crippen LogP contribution >= 0.6 is 0 Å². The molecule has 142 valence electrons. The van der Waals surface area contributed by atoms with E-state index in [0.717, 1.165) is 26.0 Å². The Bertz CT molecular complexity index is 699. The normalized spacial score (nSPS) is 22.0. The molecule has 0 bridgehead atoms. The van der Waals surface area contributed by atoms with Gasteiger partial charge >= 0.3 is 0 Å². The molecule has 7 nitrogen and oxygen atoms in total. The fraction of sp³-hybridized carbons (Fsp3) is 0.737. The quantitative estimate of drug-likeness (QED) is 0.854. The van der Waals surface area contributed by atoms with Gasteiger partial charge in [-0.1, -0.05) is 19.3 Å². The number of aromatic nitrogens is 4. The third-order valence-corrected chi connectivity index (χ3v) is 5.51. The topological polar surface area (TPSA) is 78.0 Å². The standard InChI is InChI=1S/C19H29N5O2/c1-24-12-16(18(23-24)14-6-3-2-4-7-14)10-20-11-17-21-22-19(26-17)15-8-5-9-25-13-15/h12,14-15,20H,2-11,13H2,1H3. The van der Waals surface area contributed by atoms with Crippen molar-refractivity contribution < 1.29 is 9.15 Å². The van der Waals surface area contributed by atoms with Gasteiger partial charge in [-0.2, -0.15) is 5.10 Å². The molecular formula is C19H29N5O2. The molecule has 3 heterocycles. The van der Waals surface area contributed by atoms with Gasteiger partial charge < -0.3 is 14.5 Å². The highest BCUT2D eigenvalue weighted by Gasteiger charge is 2.23. The lowest BCUT2D eigenvalue weighted by molar-refractivity contribution is 0.0721. The van der Waals surface area contributed by atoms with Gasteiger partial charge in [0, 0.05) is 37.9 Å². The summed E-state index contributed by atoms with van der Waals surface area (Å²) in [6.07, 6.45) is 10.8. The Hall–Kier alpha value is -1.73. The Balaban J connectivity index is 1.33. The molecule has 0 radical (unpaired) electrons. The van der Waals surface area contributed by atoms with Gasteiger partial charge in [-0.25, -0.2) is 0 Å². The van der Waals surface area contributed by atoms with Crippen LogP contribution in [0.4, 0.5) is 0 Å². The molecule has 1 aliphatic heterocycles. The first-order valence-corrected chi connectivity index (χ1v) is 9.93.